The van der Waals surface area contributed by atoms with Crippen LogP contribution in [-0.2, 0) is 12.8 Å². The highest BCUT2D eigenvalue weighted by atomic mass is 16.3. The summed E-state index contributed by atoms with van der Waals surface area (Å²) in [6.45, 7) is 0. The van der Waals surface area contributed by atoms with Crippen LogP contribution in [0.4, 0.5) is 0 Å². The molecule has 0 radical (unpaired) electrons. The van der Waals surface area contributed by atoms with Crippen LogP contribution in [0.15, 0.2) is 42.5 Å². The summed E-state index contributed by atoms with van der Waals surface area (Å²) < 4.78 is 0. The van der Waals surface area contributed by atoms with Gasteiger partial charge in [0.05, 0.1) is 0 Å². The third kappa shape index (κ3) is 2.94. The van der Waals surface area contributed by atoms with Crippen molar-refractivity contribution in [1.29, 1.82) is 0 Å². The molecule has 3 nitrogen and oxygen atoms in total. The largest absolute Gasteiger partial charge is 0.508 e. The van der Waals surface area contributed by atoms with Gasteiger partial charge in [0, 0.05) is 6.07 Å². The minimum Gasteiger partial charge on any atom is -0.508 e. The van der Waals surface area contributed by atoms with Crippen molar-refractivity contribution < 1.29 is 15.3 Å². The third-order valence-corrected chi connectivity index (χ3v) is 2.95. The van der Waals surface area contributed by atoms with Crippen LogP contribution in [0.5, 0.6) is 17.2 Å². The molecule has 0 aliphatic carbocycles. The van der Waals surface area contributed by atoms with Gasteiger partial charge < -0.3 is 15.3 Å². The monoisotopic (exact) mass is 244 g/mol. The van der Waals surface area contributed by atoms with Crippen molar-refractivity contribution >= 4 is 0 Å². The van der Waals surface area contributed by atoms with Gasteiger partial charge in [0.2, 0.25) is 0 Å². The fourth-order valence-corrected chi connectivity index (χ4v) is 1.96. The molecule has 0 aliphatic heterocycles. The highest BCUT2D eigenvalue weighted by molar-refractivity contribution is 5.39. The van der Waals surface area contributed by atoms with Crippen molar-refractivity contribution in [1.82, 2.24) is 0 Å². The van der Waals surface area contributed by atoms with Gasteiger partial charge >= 0.3 is 0 Å². The second-order valence-corrected chi connectivity index (χ2v) is 4.30. The highest BCUT2D eigenvalue weighted by Crippen LogP contribution is 2.25. The Hall–Kier alpha value is -2.16. The summed E-state index contributed by atoms with van der Waals surface area (Å²) >= 11 is 0. The number of para-hydroxylation sites is 1. The van der Waals surface area contributed by atoms with Gasteiger partial charge in [-0.15, -0.1) is 0 Å². The van der Waals surface area contributed by atoms with E-state index >= 15 is 0 Å². The van der Waals surface area contributed by atoms with Crippen molar-refractivity contribution in [2.45, 2.75) is 19.3 Å². The Morgan fingerprint density at radius 1 is 0.722 bits per heavy atom. The lowest BCUT2D eigenvalue weighted by atomic mass is 10.0. The van der Waals surface area contributed by atoms with E-state index in [1.165, 1.54) is 6.07 Å². The van der Waals surface area contributed by atoms with Crippen LogP contribution in [0.25, 0.3) is 0 Å². The van der Waals surface area contributed by atoms with E-state index in [4.69, 9.17) is 0 Å². The molecule has 94 valence electrons. The Bertz CT molecular complexity index is 535. The lowest BCUT2D eigenvalue weighted by Crippen LogP contribution is -1.91. The van der Waals surface area contributed by atoms with Gasteiger partial charge in [-0.1, -0.05) is 24.3 Å². The molecule has 0 saturated carbocycles. The lowest BCUT2D eigenvalue weighted by Gasteiger charge is -2.06. The minimum absolute atomic E-state index is 0.0666. The van der Waals surface area contributed by atoms with E-state index in [-0.39, 0.29) is 11.5 Å². The topological polar surface area (TPSA) is 60.7 Å². The van der Waals surface area contributed by atoms with Gasteiger partial charge in [0.25, 0.3) is 0 Å². The van der Waals surface area contributed by atoms with Crippen LogP contribution >= 0.6 is 0 Å². The van der Waals surface area contributed by atoms with Crippen LogP contribution < -0.4 is 0 Å². The standard InChI is InChI=1S/C15H16O3/c16-13-9-8-12(15(18)10-13)6-3-5-11-4-1-2-7-14(11)17/h1-2,4,7-10,16-18H,3,5-6H2. The van der Waals surface area contributed by atoms with E-state index in [9.17, 15) is 15.3 Å². The summed E-state index contributed by atoms with van der Waals surface area (Å²) in [5, 5.41) is 28.4. The number of hydrogen-bond acceptors (Lipinski definition) is 3. The molecular formula is C15H16O3. The highest BCUT2D eigenvalue weighted by Gasteiger charge is 2.04. The molecule has 0 unspecified atom stereocenters. The summed E-state index contributed by atoms with van der Waals surface area (Å²) in [4.78, 5) is 0. The molecule has 0 amide bonds. The van der Waals surface area contributed by atoms with Crippen LogP contribution in [0.3, 0.4) is 0 Å². The Morgan fingerprint density at radius 3 is 2.06 bits per heavy atom. The van der Waals surface area contributed by atoms with Gasteiger partial charge in [-0.05, 0) is 42.5 Å². The van der Waals surface area contributed by atoms with Crippen LogP contribution in [0, 0.1) is 0 Å². The van der Waals surface area contributed by atoms with Gasteiger partial charge in [-0.25, -0.2) is 0 Å². The number of aromatic hydroxyl groups is 3. The number of phenolic OH excluding ortho intramolecular Hbond substituents is 3. The molecular weight excluding hydrogens is 228 g/mol. The van der Waals surface area contributed by atoms with Gasteiger partial charge in [-0.3, -0.25) is 0 Å². The third-order valence-electron chi connectivity index (χ3n) is 2.95. The van der Waals surface area contributed by atoms with Crippen molar-refractivity contribution in [2.75, 3.05) is 0 Å². The molecule has 0 atom stereocenters. The zero-order valence-corrected chi connectivity index (χ0v) is 10.0. The van der Waals surface area contributed by atoms with Crippen molar-refractivity contribution in [3.63, 3.8) is 0 Å². The van der Waals surface area contributed by atoms with Crippen molar-refractivity contribution in [3.05, 3.63) is 53.6 Å². The minimum atomic E-state index is 0.0666. The second kappa shape index (κ2) is 5.45. The van der Waals surface area contributed by atoms with Crippen LogP contribution in [0.1, 0.15) is 17.5 Å². The Morgan fingerprint density at radius 2 is 1.39 bits per heavy atom. The van der Waals surface area contributed by atoms with E-state index in [0.717, 1.165) is 24.0 Å². The van der Waals surface area contributed by atoms with E-state index < -0.39 is 0 Å². The predicted octanol–water partition coefficient (Wildman–Crippen LogP) is 2.98. The molecule has 0 aliphatic rings. The maximum Gasteiger partial charge on any atom is 0.122 e. The maximum atomic E-state index is 9.63. The van der Waals surface area contributed by atoms with Crippen molar-refractivity contribution in [2.24, 2.45) is 0 Å². The zero-order valence-electron chi connectivity index (χ0n) is 10.0. The number of phenols is 3. The zero-order chi connectivity index (χ0) is 13.0. The molecule has 0 heterocycles. The summed E-state index contributed by atoms with van der Waals surface area (Å²) in [6, 6.07) is 11.9. The van der Waals surface area contributed by atoms with E-state index in [1.807, 2.05) is 12.1 Å². The normalized spacial score (nSPS) is 10.4. The second-order valence-electron chi connectivity index (χ2n) is 4.30. The molecule has 0 saturated heterocycles. The average Bonchev–Trinajstić information content (AvgIpc) is 2.34. The first kappa shape index (κ1) is 12.3. The van der Waals surface area contributed by atoms with Gasteiger partial charge in [0.1, 0.15) is 17.2 Å². The van der Waals surface area contributed by atoms with Gasteiger partial charge in [0.15, 0.2) is 0 Å². The molecule has 0 aromatic heterocycles. The number of benzene rings is 2. The smallest absolute Gasteiger partial charge is 0.122 e. The van der Waals surface area contributed by atoms with E-state index in [0.29, 0.717) is 12.2 Å². The molecule has 3 heteroatoms. The first-order chi connectivity index (χ1) is 8.66. The molecule has 0 spiro atoms. The summed E-state index contributed by atoms with van der Waals surface area (Å²) in [5.41, 5.74) is 1.72. The quantitative estimate of drug-likeness (QED) is 0.774. The summed E-state index contributed by atoms with van der Waals surface area (Å²) in [7, 11) is 0. The molecule has 18 heavy (non-hydrogen) atoms. The molecule has 2 rings (SSSR count). The first-order valence-corrected chi connectivity index (χ1v) is 5.94. The Balaban J connectivity index is 1.95. The number of hydrogen-bond donors (Lipinski definition) is 3. The van der Waals surface area contributed by atoms with Crippen LogP contribution in [0.2, 0.25) is 0 Å². The summed E-state index contributed by atoms with van der Waals surface area (Å²) in [5.74, 6) is 0.497. The fraction of sp³-hybridized carbons (Fsp3) is 0.200. The summed E-state index contributed by atoms with van der Waals surface area (Å²) in [6.07, 6.45) is 2.29. The fourth-order valence-electron chi connectivity index (χ4n) is 1.96. The molecule has 0 fully saturated rings. The molecule has 2 aromatic rings. The number of rotatable bonds is 4. The molecule has 3 N–H and O–H groups in total. The predicted molar refractivity (Wildman–Crippen MR) is 69.9 cm³/mol. The van der Waals surface area contributed by atoms with Crippen molar-refractivity contribution in [3.8, 4) is 17.2 Å². The van der Waals surface area contributed by atoms with Gasteiger partial charge in [-0.2, -0.15) is 0 Å². The maximum absolute atomic E-state index is 9.63. The number of aryl methyl sites for hydroxylation is 2. The average molecular weight is 244 g/mol. The molecule has 0 bridgehead atoms. The molecule has 2 aromatic carbocycles. The lowest BCUT2D eigenvalue weighted by molar-refractivity contribution is 0.445. The van der Waals surface area contributed by atoms with Crippen LogP contribution in [-0.4, -0.2) is 15.3 Å². The Labute approximate surface area is 106 Å². The Kier molecular flexibility index (Phi) is 3.72. The van der Waals surface area contributed by atoms with E-state index in [1.54, 1.807) is 24.3 Å². The SMILES string of the molecule is Oc1ccc(CCCc2ccccc2O)c(O)c1. The first-order valence-electron chi connectivity index (χ1n) is 5.94. The van der Waals surface area contributed by atoms with E-state index in [2.05, 4.69) is 0 Å².